The van der Waals surface area contributed by atoms with Crippen LogP contribution >= 0.6 is 0 Å². The van der Waals surface area contributed by atoms with E-state index in [2.05, 4.69) is 54.8 Å². The fraction of sp³-hybridized carbons (Fsp3) is 0.853. The smallest absolute Gasteiger partial charge is 0.319 e. The van der Waals surface area contributed by atoms with Crippen LogP contribution in [-0.2, 0) is 35.1 Å². The van der Waals surface area contributed by atoms with E-state index in [4.69, 9.17) is 23.5 Å². The van der Waals surface area contributed by atoms with Crippen molar-refractivity contribution in [2.45, 2.75) is 110 Å². The van der Waals surface area contributed by atoms with Gasteiger partial charge in [-0.1, -0.05) is 19.0 Å². The summed E-state index contributed by atoms with van der Waals surface area (Å²) in [5.74, 6) is -0.0476. The van der Waals surface area contributed by atoms with Crippen LogP contribution in [-0.4, -0.2) is 122 Å². The monoisotopic (exact) mass is 634 g/mol. The zero-order chi connectivity index (χ0) is 33.3. The summed E-state index contributed by atoms with van der Waals surface area (Å²) in [6.45, 7) is 16.9. The van der Waals surface area contributed by atoms with Gasteiger partial charge in [-0.3, -0.25) is 19.4 Å². The number of cyclic esters (lactones) is 1. The van der Waals surface area contributed by atoms with Gasteiger partial charge < -0.3 is 28.4 Å². The lowest BCUT2D eigenvalue weighted by Crippen LogP contribution is -2.58. The van der Waals surface area contributed by atoms with Crippen molar-refractivity contribution in [3.05, 3.63) is 17.5 Å². The Kier molecular flexibility index (Phi) is 11.6. The Morgan fingerprint density at radius 2 is 1.78 bits per heavy atom. The van der Waals surface area contributed by atoms with E-state index in [-0.39, 0.29) is 30.5 Å². The Bertz CT molecular complexity index is 1150. The van der Waals surface area contributed by atoms with Crippen molar-refractivity contribution in [3.8, 4) is 0 Å². The van der Waals surface area contributed by atoms with Crippen LogP contribution in [0.25, 0.3) is 0 Å². The molecular formula is C34H58N4O7. The third kappa shape index (κ3) is 8.34. The molecule has 0 radical (unpaired) electrons. The topological polar surface area (TPSA) is 107 Å². The van der Waals surface area contributed by atoms with Crippen molar-refractivity contribution in [2.75, 3.05) is 54.5 Å². The minimum atomic E-state index is -1.36. The number of aryl methyl sites for hydroxylation is 1. The molecule has 45 heavy (non-hydrogen) atoms. The van der Waals surface area contributed by atoms with Gasteiger partial charge in [0.2, 0.25) is 0 Å². The summed E-state index contributed by atoms with van der Waals surface area (Å²) >= 11 is 0. The van der Waals surface area contributed by atoms with E-state index in [1.165, 1.54) is 0 Å². The molecule has 0 bridgehead atoms. The van der Waals surface area contributed by atoms with Crippen LogP contribution < -0.4 is 0 Å². The molecule has 3 aliphatic heterocycles. The number of methoxy groups -OCH3 is 1. The molecule has 0 N–H and O–H groups in total. The molecule has 11 nitrogen and oxygen atoms in total. The van der Waals surface area contributed by atoms with E-state index >= 15 is 0 Å². The van der Waals surface area contributed by atoms with Gasteiger partial charge in [-0.05, 0) is 74.5 Å². The Balaban J connectivity index is 1.57. The van der Waals surface area contributed by atoms with Gasteiger partial charge in [-0.25, -0.2) is 0 Å². The number of hydrogen-bond acceptors (Lipinski definition) is 11. The standard InChI is InChI=1S/C34H58N4O7/c1-21-15-34(7,41-11)31(44-29-14-27(36(8)9)13-22(2)43-29)24(4)30(39)33(5,6)32(40)42-20-28(37(10)16-21)25-17-38(18-25)19-26-12-23(3)45-35-26/h12,21-22,24-25,27-29,31H,13-20H2,1-11H3/t21-,22-,24+,27+,28?,29+,31-,34-/m1/s1. The predicted octanol–water partition coefficient (Wildman–Crippen LogP) is 3.78. The summed E-state index contributed by atoms with van der Waals surface area (Å²) in [6, 6.07) is 2.27. The highest BCUT2D eigenvalue weighted by molar-refractivity contribution is 6.04. The number of ether oxygens (including phenoxy) is 4. The molecule has 3 saturated heterocycles. The van der Waals surface area contributed by atoms with E-state index in [0.29, 0.717) is 24.8 Å². The number of hydrogen-bond donors (Lipinski definition) is 0. The second-order valence-electron chi connectivity index (χ2n) is 15.1. The number of nitrogens with zero attached hydrogens (tertiary/aromatic N) is 4. The van der Waals surface area contributed by atoms with Crippen molar-refractivity contribution in [3.63, 3.8) is 0 Å². The van der Waals surface area contributed by atoms with Gasteiger partial charge in [0.15, 0.2) is 12.1 Å². The summed E-state index contributed by atoms with van der Waals surface area (Å²) in [4.78, 5) is 34.7. The zero-order valence-corrected chi connectivity index (χ0v) is 29.5. The molecule has 3 aliphatic rings. The molecule has 3 fully saturated rings. The molecule has 0 aliphatic carbocycles. The first-order valence-corrected chi connectivity index (χ1v) is 16.6. The van der Waals surface area contributed by atoms with E-state index in [0.717, 1.165) is 44.1 Å². The Labute approximate surface area is 270 Å². The molecule has 1 unspecified atom stereocenters. The average molecular weight is 635 g/mol. The molecule has 0 amide bonds. The molecule has 11 heteroatoms. The number of rotatable bonds is 7. The zero-order valence-electron chi connectivity index (χ0n) is 29.5. The molecule has 4 rings (SSSR count). The maximum Gasteiger partial charge on any atom is 0.319 e. The summed E-state index contributed by atoms with van der Waals surface area (Å²) in [6.07, 6.45) is 1.16. The number of ketones is 1. The highest BCUT2D eigenvalue weighted by Gasteiger charge is 2.51. The third-order valence-corrected chi connectivity index (χ3v) is 10.4. The first-order chi connectivity index (χ1) is 21.0. The molecule has 0 aromatic carbocycles. The molecule has 8 atom stereocenters. The summed E-state index contributed by atoms with van der Waals surface area (Å²) in [5, 5.41) is 4.14. The SMILES string of the molecule is CO[C@]1(C)C[C@@H](C)CN(C)C(C2CN(Cc3cc(C)on3)C2)COC(=O)C(C)(C)C(=O)[C@H](C)[C@H]1O[C@H]1C[C@@H](N(C)C)C[C@@H](C)O1. The van der Waals surface area contributed by atoms with Gasteiger partial charge in [0.25, 0.3) is 0 Å². The first-order valence-electron chi connectivity index (χ1n) is 16.6. The quantitative estimate of drug-likeness (QED) is 0.323. The number of Topliss-reactive ketones (excluding diaryl/α,β-unsaturated/α-hetero) is 1. The average Bonchev–Trinajstić information content (AvgIpc) is 3.36. The minimum absolute atomic E-state index is 0.0108. The van der Waals surface area contributed by atoms with Crippen molar-refractivity contribution < 1.29 is 33.1 Å². The first kappa shape index (κ1) is 36.0. The second-order valence-corrected chi connectivity index (χ2v) is 15.1. The normalized spacial score (nSPS) is 36.6. The maximum absolute atomic E-state index is 14.2. The van der Waals surface area contributed by atoms with Gasteiger partial charge in [-0.2, -0.15) is 0 Å². The van der Waals surface area contributed by atoms with Crippen molar-refractivity contribution in [1.29, 1.82) is 0 Å². The lowest BCUT2D eigenvalue weighted by atomic mass is 9.74. The fourth-order valence-corrected chi connectivity index (χ4v) is 7.71. The van der Waals surface area contributed by atoms with Crippen LogP contribution in [0.4, 0.5) is 0 Å². The van der Waals surface area contributed by atoms with Crippen LogP contribution in [0.5, 0.6) is 0 Å². The largest absolute Gasteiger partial charge is 0.463 e. The van der Waals surface area contributed by atoms with Gasteiger partial charge >= 0.3 is 5.97 Å². The van der Waals surface area contributed by atoms with Gasteiger partial charge in [0.1, 0.15) is 17.8 Å². The maximum atomic E-state index is 14.2. The van der Waals surface area contributed by atoms with E-state index in [1.807, 2.05) is 26.8 Å². The van der Waals surface area contributed by atoms with Crippen LogP contribution in [0.3, 0.4) is 0 Å². The fourth-order valence-electron chi connectivity index (χ4n) is 7.71. The van der Waals surface area contributed by atoms with Crippen LogP contribution in [0.1, 0.15) is 72.3 Å². The van der Waals surface area contributed by atoms with Crippen LogP contribution in [0, 0.1) is 30.1 Å². The number of likely N-dealkylation sites (N-methyl/N-ethyl adjacent to an activating group) is 1. The van der Waals surface area contributed by atoms with Crippen molar-refractivity contribution >= 4 is 11.8 Å². The molecule has 0 spiro atoms. The Morgan fingerprint density at radius 3 is 2.38 bits per heavy atom. The molecule has 1 aromatic rings. The Morgan fingerprint density at radius 1 is 1.09 bits per heavy atom. The summed E-state index contributed by atoms with van der Waals surface area (Å²) in [7, 11) is 7.94. The molecule has 4 heterocycles. The van der Waals surface area contributed by atoms with Crippen LogP contribution in [0.2, 0.25) is 0 Å². The number of carbonyl (C=O) groups excluding carboxylic acids is 2. The number of likely N-dealkylation sites (tertiary alicyclic amines) is 1. The summed E-state index contributed by atoms with van der Waals surface area (Å²) in [5.41, 5.74) is -1.24. The predicted molar refractivity (Wildman–Crippen MR) is 170 cm³/mol. The van der Waals surface area contributed by atoms with Crippen molar-refractivity contribution in [2.24, 2.45) is 23.2 Å². The van der Waals surface area contributed by atoms with Gasteiger partial charge in [0, 0.05) is 69.7 Å². The number of carbonyl (C=O) groups is 2. The molecule has 1 aromatic heterocycles. The minimum Gasteiger partial charge on any atom is -0.463 e. The molecule has 256 valence electrons. The van der Waals surface area contributed by atoms with E-state index in [1.54, 1.807) is 21.0 Å². The van der Waals surface area contributed by atoms with Crippen LogP contribution in [0.15, 0.2) is 10.6 Å². The summed E-state index contributed by atoms with van der Waals surface area (Å²) < 4.78 is 30.6. The lowest BCUT2D eigenvalue weighted by molar-refractivity contribution is -0.263. The number of aromatic nitrogens is 1. The third-order valence-electron chi connectivity index (χ3n) is 10.4. The second kappa shape index (κ2) is 14.5. The molecular weight excluding hydrogens is 576 g/mol. The highest BCUT2D eigenvalue weighted by atomic mass is 16.7. The Hall–Kier alpha value is -1.89. The van der Waals surface area contributed by atoms with Gasteiger partial charge in [-0.15, -0.1) is 0 Å². The van der Waals surface area contributed by atoms with E-state index in [9.17, 15) is 9.59 Å². The highest BCUT2D eigenvalue weighted by Crippen LogP contribution is 2.38. The van der Waals surface area contributed by atoms with E-state index < -0.39 is 35.3 Å². The molecule has 0 saturated carbocycles. The van der Waals surface area contributed by atoms with Gasteiger partial charge in [0.05, 0.1) is 23.5 Å². The van der Waals surface area contributed by atoms with Crippen molar-refractivity contribution in [1.82, 2.24) is 19.9 Å². The lowest BCUT2D eigenvalue weighted by Gasteiger charge is -2.47. The number of esters is 1.